The van der Waals surface area contributed by atoms with Crippen molar-refractivity contribution in [2.24, 2.45) is 10.7 Å². The topological polar surface area (TPSA) is 66.6 Å². The quantitative estimate of drug-likeness (QED) is 0.653. The second-order valence-corrected chi connectivity index (χ2v) is 5.53. The molecule has 0 saturated heterocycles. The largest absolute Gasteiger partial charge is 0.496 e. The Balaban J connectivity index is 1.72. The van der Waals surface area contributed by atoms with Crippen molar-refractivity contribution in [2.45, 2.75) is 25.3 Å². The average molecular weight is 286 g/mol. The van der Waals surface area contributed by atoms with Gasteiger partial charge in [-0.1, -0.05) is 6.07 Å². The van der Waals surface area contributed by atoms with Gasteiger partial charge in [0, 0.05) is 36.7 Å². The van der Waals surface area contributed by atoms with Gasteiger partial charge in [-0.3, -0.25) is 4.99 Å². The van der Waals surface area contributed by atoms with Gasteiger partial charge in [0.15, 0.2) is 5.96 Å². The molecule has 1 aliphatic carbocycles. The second-order valence-electron chi connectivity index (χ2n) is 5.53. The van der Waals surface area contributed by atoms with E-state index in [2.05, 4.69) is 20.9 Å². The van der Waals surface area contributed by atoms with Crippen molar-refractivity contribution >= 4 is 16.9 Å². The predicted molar refractivity (Wildman–Crippen MR) is 85.8 cm³/mol. The molecule has 5 nitrogen and oxygen atoms in total. The molecule has 1 fully saturated rings. The molecule has 0 bridgehead atoms. The molecule has 0 spiro atoms. The lowest BCUT2D eigenvalue weighted by Crippen LogP contribution is -2.35. The molecule has 0 aliphatic heterocycles. The molecule has 2 aromatic rings. The Kier molecular flexibility index (Phi) is 3.73. The first-order chi connectivity index (χ1) is 10.2. The molecule has 0 amide bonds. The summed E-state index contributed by atoms with van der Waals surface area (Å²) in [5, 5.41) is 1.14. The summed E-state index contributed by atoms with van der Waals surface area (Å²) in [5.74, 6) is 1.54. The molecule has 1 aliphatic rings. The van der Waals surface area contributed by atoms with Gasteiger partial charge in [0.25, 0.3) is 0 Å². The molecule has 0 unspecified atom stereocenters. The van der Waals surface area contributed by atoms with Gasteiger partial charge in [0.1, 0.15) is 5.75 Å². The summed E-state index contributed by atoms with van der Waals surface area (Å²) in [4.78, 5) is 9.85. The summed E-state index contributed by atoms with van der Waals surface area (Å²) in [6.07, 6.45) is 5.34. The molecule has 1 saturated carbocycles. The van der Waals surface area contributed by atoms with Crippen LogP contribution in [0.5, 0.6) is 5.75 Å². The first-order valence-corrected chi connectivity index (χ1v) is 7.36. The van der Waals surface area contributed by atoms with Gasteiger partial charge in [-0.15, -0.1) is 0 Å². The summed E-state index contributed by atoms with van der Waals surface area (Å²) >= 11 is 0. The van der Waals surface area contributed by atoms with Crippen LogP contribution in [0.3, 0.4) is 0 Å². The molecular formula is C16H22N4O. The fourth-order valence-corrected chi connectivity index (χ4v) is 2.64. The minimum atomic E-state index is 0.599. The van der Waals surface area contributed by atoms with Crippen LogP contribution in [0.2, 0.25) is 0 Å². The van der Waals surface area contributed by atoms with Crippen molar-refractivity contribution in [3.63, 3.8) is 0 Å². The van der Waals surface area contributed by atoms with Crippen LogP contribution in [0.1, 0.15) is 18.4 Å². The van der Waals surface area contributed by atoms with Crippen LogP contribution in [0.4, 0.5) is 0 Å². The third-order valence-electron chi connectivity index (χ3n) is 4.08. The zero-order valence-electron chi connectivity index (χ0n) is 12.6. The van der Waals surface area contributed by atoms with Crippen LogP contribution in [0, 0.1) is 0 Å². The molecule has 0 radical (unpaired) electrons. The number of hydrogen-bond acceptors (Lipinski definition) is 2. The third-order valence-corrected chi connectivity index (χ3v) is 4.08. The number of rotatable bonds is 5. The van der Waals surface area contributed by atoms with Crippen molar-refractivity contribution in [3.8, 4) is 5.75 Å². The fraction of sp³-hybridized carbons (Fsp3) is 0.438. The van der Waals surface area contributed by atoms with E-state index in [1.807, 2.05) is 25.4 Å². The van der Waals surface area contributed by atoms with E-state index >= 15 is 0 Å². The molecule has 1 aromatic heterocycles. The number of benzene rings is 1. The highest BCUT2D eigenvalue weighted by Gasteiger charge is 2.27. The number of hydrogen-bond donors (Lipinski definition) is 2. The number of aromatic amines is 1. The van der Waals surface area contributed by atoms with Crippen molar-refractivity contribution in [3.05, 3.63) is 30.0 Å². The Morgan fingerprint density at radius 1 is 1.48 bits per heavy atom. The number of nitrogens with zero attached hydrogens (tertiary/aromatic N) is 2. The van der Waals surface area contributed by atoms with Gasteiger partial charge in [0.2, 0.25) is 0 Å². The number of nitrogens with one attached hydrogen (secondary N) is 1. The van der Waals surface area contributed by atoms with E-state index in [-0.39, 0.29) is 0 Å². The monoisotopic (exact) mass is 286 g/mol. The average Bonchev–Trinajstić information content (AvgIpc) is 3.27. The number of methoxy groups -OCH3 is 1. The molecular weight excluding hydrogens is 264 g/mol. The van der Waals surface area contributed by atoms with E-state index in [4.69, 9.17) is 10.5 Å². The van der Waals surface area contributed by atoms with E-state index in [0.29, 0.717) is 18.5 Å². The highest BCUT2D eigenvalue weighted by Crippen LogP contribution is 2.29. The minimum absolute atomic E-state index is 0.599. The van der Waals surface area contributed by atoms with Gasteiger partial charge >= 0.3 is 0 Å². The van der Waals surface area contributed by atoms with Crippen molar-refractivity contribution in [1.29, 1.82) is 0 Å². The predicted octanol–water partition coefficient (Wildman–Crippen LogP) is 2.13. The van der Waals surface area contributed by atoms with Crippen molar-refractivity contribution in [2.75, 3.05) is 20.7 Å². The maximum absolute atomic E-state index is 6.01. The molecule has 3 N–H and O–H groups in total. The molecule has 21 heavy (non-hydrogen) atoms. The Morgan fingerprint density at radius 2 is 2.29 bits per heavy atom. The number of aromatic nitrogens is 1. The highest BCUT2D eigenvalue weighted by molar-refractivity contribution is 5.89. The zero-order chi connectivity index (χ0) is 14.8. The Labute approximate surface area is 124 Å². The smallest absolute Gasteiger partial charge is 0.191 e. The number of fused-ring (bicyclic) bond motifs is 1. The van der Waals surface area contributed by atoms with Crippen LogP contribution < -0.4 is 10.5 Å². The van der Waals surface area contributed by atoms with Gasteiger partial charge in [0.05, 0.1) is 7.11 Å². The summed E-state index contributed by atoms with van der Waals surface area (Å²) in [6, 6.07) is 6.63. The van der Waals surface area contributed by atoms with Crippen LogP contribution in [-0.2, 0) is 6.42 Å². The number of H-pyrrole nitrogens is 1. The lowest BCUT2D eigenvalue weighted by Gasteiger charge is -2.16. The highest BCUT2D eigenvalue weighted by atomic mass is 16.5. The standard InChI is InChI=1S/C16H22N4O/c1-20(12-6-7-12)16(17)18-9-8-11-10-19-13-4-3-5-14(21-2)15(11)13/h3-5,10,12,19H,6-9H2,1-2H3,(H2,17,18). The van der Waals surface area contributed by atoms with Crippen LogP contribution >= 0.6 is 0 Å². The van der Waals surface area contributed by atoms with Gasteiger partial charge in [-0.2, -0.15) is 0 Å². The molecule has 3 rings (SSSR count). The first kappa shape index (κ1) is 13.8. The normalized spacial score (nSPS) is 15.4. The summed E-state index contributed by atoms with van der Waals surface area (Å²) < 4.78 is 5.44. The van der Waals surface area contributed by atoms with Crippen LogP contribution in [-0.4, -0.2) is 42.6 Å². The number of aliphatic imine (C=N–C) groups is 1. The second kappa shape index (κ2) is 5.68. The summed E-state index contributed by atoms with van der Waals surface area (Å²) in [5.41, 5.74) is 8.32. The van der Waals surface area contributed by atoms with E-state index in [9.17, 15) is 0 Å². The summed E-state index contributed by atoms with van der Waals surface area (Å²) in [6.45, 7) is 0.688. The van der Waals surface area contributed by atoms with E-state index in [1.54, 1.807) is 7.11 Å². The minimum Gasteiger partial charge on any atom is -0.496 e. The lowest BCUT2D eigenvalue weighted by molar-refractivity contribution is 0.419. The van der Waals surface area contributed by atoms with Gasteiger partial charge < -0.3 is 20.4 Å². The Bertz CT molecular complexity index is 657. The number of ether oxygens (including phenoxy) is 1. The third kappa shape index (κ3) is 2.82. The first-order valence-electron chi connectivity index (χ1n) is 7.36. The van der Waals surface area contributed by atoms with E-state index in [1.165, 1.54) is 18.4 Å². The SMILES string of the molecule is COc1cccc2[nH]cc(CCN=C(N)N(C)C3CC3)c12. The number of guanidine groups is 1. The van der Waals surface area contributed by atoms with Crippen LogP contribution in [0.25, 0.3) is 10.9 Å². The maximum Gasteiger partial charge on any atom is 0.191 e. The number of nitrogens with two attached hydrogens (primary N) is 1. The maximum atomic E-state index is 6.01. The van der Waals surface area contributed by atoms with Gasteiger partial charge in [-0.05, 0) is 37.0 Å². The van der Waals surface area contributed by atoms with Crippen LogP contribution in [0.15, 0.2) is 29.4 Å². The van der Waals surface area contributed by atoms with E-state index in [0.717, 1.165) is 23.1 Å². The van der Waals surface area contributed by atoms with E-state index < -0.39 is 0 Å². The Hall–Kier alpha value is -2.17. The fourth-order valence-electron chi connectivity index (χ4n) is 2.64. The Morgan fingerprint density at radius 3 is 3.00 bits per heavy atom. The zero-order valence-corrected chi connectivity index (χ0v) is 12.6. The molecule has 0 atom stereocenters. The van der Waals surface area contributed by atoms with Crippen molar-refractivity contribution in [1.82, 2.24) is 9.88 Å². The lowest BCUT2D eigenvalue weighted by atomic mass is 10.1. The van der Waals surface area contributed by atoms with Crippen molar-refractivity contribution < 1.29 is 4.74 Å². The molecule has 112 valence electrons. The molecule has 1 heterocycles. The summed E-state index contributed by atoms with van der Waals surface area (Å²) in [7, 11) is 3.72. The van der Waals surface area contributed by atoms with Gasteiger partial charge in [-0.25, -0.2) is 0 Å². The molecule has 1 aromatic carbocycles. The molecule has 5 heteroatoms.